The van der Waals surface area contributed by atoms with Crippen molar-refractivity contribution in [3.8, 4) is 0 Å². The molecule has 0 aromatic carbocycles. The molecule has 2 aliphatic heterocycles. The topological polar surface area (TPSA) is 35.6 Å². The lowest BCUT2D eigenvalue weighted by atomic mass is 10.0. The van der Waals surface area contributed by atoms with Crippen LogP contribution in [0.2, 0.25) is 0 Å². The largest absolute Gasteiger partial charge is 0.334 e. The van der Waals surface area contributed by atoms with Gasteiger partial charge in [0.25, 0.3) is 0 Å². The highest BCUT2D eigenvalue weighted by molar-refractivity contribution is 5.75. The quantitative estimate of drug-likeness (QED) is 0.852. The van der Waals surface area contributed by atoms with Gasteiger partial charge in [0.15, 0.2) is 0 Å². The summed E-state index contributed by atoms with van der Waals surface area (Å²) in [5.74, 6) is 0. The maximum Gasteiger partial charge on any atom is 0.317 e. The van der Waals surface area contributed by atoms with Crippen LogP contribution in [0, 0.1) is 0 Å². The lowest BCUT2D eigenvalue weighted by Gasteiger charge is -2.36. The molecule has 0 spiro atoms. The van der Waals surface area contributed by atoms with Crippen molar-refractivity contribution in [3.63, 3.8) is 0 Å². The molecule has 4 nitrogen and oxygen atoms in total. The van der Waals surface area contributed by atoms with E-state index in [4.69, 9.17) is 0 Å². The molecule has 0 radical (unpaired) electrons. The second-order valence-corrected chi connectivity index (χ2v) is 6.28. The number of hydrogen-bond acceptors (Lipinski definition) is 2. The first kappa shape index (κ1) is 14.6. The number of rotatable bonds is 3. The minimum Gasteiger partial charge on any atom is -0.334 e. The van der Waals surface area contributed by atoms with Gasteiger partial charge in [0, 0.05) is 37.8 Å². The number of amides is 2. The highest BCUT2D eigenvalue weighted by atomic mass is 16.2. The molecule has 4 heteroatoms. The standard InChI is InChI=1S/C15H29N3O/c1-4-14-7-5-6-9-18(14)15(19)16-13-8-10-17(11-13)12(2)3/h12-14H,4-11H2,1-3H3,(H,16,19). The average Bonchev–Trinajstić information content (AvgIpc) is 2.87. The molecule has 0 saturated carbocycles. The van der Waals surface area contributed by atoms with Crippen molar-refractivity contribution in [1.29, 1.82) is 0 Å². The van der Waals surface area contributed by atoms with Crippen LogP contribution in [0.3, 0.4) is 0 Å². The van der Waals surface area contributed by atoms with Crippen LogP contribution in [-0.2, 0) is 0 Å². The number of piperidine rings is 1. The fraction of sp³-hybridized carbons (Fsp3) is 0.933. The van der Waals surface area contributed by atoms with Crippen LogP contribution >= 0.6 is 0 Å². The maximum atomic E-state index is 12.4. The highest BCUT2D eigenvalue weighted by Crippen LogP contribution is 2.20. The third kappa shape index (κ3) is 3.62. The van der Waals surface area contributed by atoms with Gasteiger partial charge in [-0.25, -0.2) is 4.79 Å². The van der Waals surface area contributed by atoms with Crippen molar-refractivity contribution >= 4 is 6.03 Å². The molecule has 0 aliphatic carbocycles. The molecule has 1 N–H and O–H groups in total. The van der Waals surface area contributed by atoms with E-state index in [1.54, 1.807) is 0 Å². The zero-order valence-electron chi connectivity index (χ0n) is 12.7. The second kappa shape index (κ2) is 6.60. The molecule has 2 saturated heterocycles. The van der Waals surface area contributed by atoms with E-state index in [1.165, 1.54) is 12.8 Å². The van der Waals surface area contributed by atoms with Gasteiger partial charge in [-0.2, -0.15) is 0 Å². The molecule has 2 atom stereocenters. The minimum absolute atomic E-state index is 0.169. The monoisotopic (exact) mass is 267 g/mol. The Morgan fingerprint density at radius 1 is 1.26 bits per heavy atom. The Kier molecular flexibility index (Phi) is 5.08. The molecule has 2 heterocycles. The number of hydrogen-bond donors (Lipinski definition) is 1. The Morgan fingerprint density at radius 3 is 2.68 bits per heavy atom. The molecular formula is C15H29N3O. The Bertz CT molecular complexity index is 306. The predicted octanol–water partition coefficient (Wildman–Crippen LogP) is 2.44. The van der Waals surface area contributed by atoms with E-state index >= 15 is 0 Å². The van der Waals surface area contributed by atoms with Gasteiger partial charge in [-0.15, -0.1) is 0 Å². The van der Waals surface area contributed by atoms with Gasteiger partial charge in [0.2, 0.25) is 0 Å². The van der Waals surface area contributed by atoms with Crippen molar-refractivity contribution < 1.29 is 4.79 Å². The number of urea groups is 1. The number of likely N-dealkylation sites (tertiary alicyclic amines) is 2. The number of nitrogens with zero attached hydrogens (tertiary/aromatic N) is 2. The van der Waals surface area contributed by atoms with E-state index in [2.05, 4.69) is 35.9 Å². The molecular weight excluding hydrogens is 238 g/mol. The van der Waals surface area contributed by atoms with Gasteiger partial charge < -0.3 is 10.2 Å². The van der Waals surface area contributed by atoms with Crippen molar-refractivity contribution in [2.24, 2.45) is 0 Å². The number of carbonyl (C=O) groups is 1. The van der Waals surface area contributed by atoms with Gasteiger partial charge in [-0.3, -0.25) is 4.90 Å². The Labute approximate surface area is 117 Å². The first-order valence-electron chi connectivity index (χ1n) is 7.93. The predicted molar refractivity (Wildman–Crippen MR) is 78.3 cm³/mol. The lowest BCUT2D eigenvalue weighted by Crippen LogP contribution is -2.51. The Balaban J connectivity index is 1.83. The molecule has 0 aromatic rings. The summed E-state index contributed by atoms with van der Waals surface area (Å²) >= 11 is 0. The highest BCUT2D eigenvalue weighted by Gasteiger charge is 2.30. The third-order valence-corrected chi connectivity index (χ3v) is 4.64. The number of nitrogens with one attached hydrogen (secondary N) is 1. The SMILES string of the molecule is CCC1CCCCN1C(=O)NC1CCN(C(C)C)C1. The van der Waals surface area contributed by atoms with Gasteiger partial charge in [0.1, 0.15) is 0 Å². The molecule has 19 heavy (non-hydrogen) atoms. The first-order chi connectivity index (χ1) is 9.11. The summed E-state index contributed by atoms with van der Waals surface area (Å²) in [7, 11) is 0. The summed E-state index contributed by atoms with van der Waals surface area (Å²) in [4.78, 5) is 16.9. The summed E-state index contributed by atoms with van der Waals surface area (Å²) in [6.07, 6.45) is 5.77. The molecule has 0 aromatic heterocycles. The first-order valence-corrected chi connectivity index (χ1v) is 7.93. The van der Waals surface area contributed by atoms with Crippen LogP contribution in [0.25, 0.3) is 0 Å². The second-order valence-electron chi connectivity index (χ2n) is 6.28. The van der Waals surface area contributed by atoms with E-state index in [1.807, 2.05) is 0 Å². The van der Waals surface area contributed by atoms with E-state index in [0.29, 0.717) is 18.1 Å². The molecule has 2 aliphatic rings. The van der Waals surface area contributed by atoms with Crippen LogP contribution in [0.4, 0.5) is 4.79 Å². The van der Waals surface area contributed by atoms with Crippen LogP contribution in [0.15, 0.2) is 0 Å². The summed E-state index contributed by atoms with van der Waals surface area (Å²) < 4.78 is 0. The zero-order valence-corrected chi connectivity index (χ0v) is 12.7. The van der Waals surface area contributed by atoms with Gasteiger partial charge in [-0.1, -0.05) is 6.92 Å². The smallest absolute Gasteiger partial charge is 0.317 e. The van der Waals surface area contributed by atoms with Crippen molar-refractivity contribution in [1.82, 2.24) is 15.1 Å². The van der Waals surface area contributed by atoms with Crippen LogP contribution in [0.5, 0.6) is 0 Å². The molecule has 2 unspecified atom stereocenters. The van der Waals surface area contributed by atoms with Crippen LogP contribution in [-0.4, -0.2) is 53.6 Å². The molecule has 2 rings (SSSR count). The van der Waals surface area contributed by atoms with Gasteiger partial charge in [0.05, 0.1) is 0 Å². The fourth-order valence-corrected chi connectivity index (χ4v) is 3.32. The summed E-state index contributed by atoms with van der Waals surface area (Å²) in [5, 5.41) is 3.24. The van der Waals surface area contributed by atoms with Crippen molar-refractivity contribution in [3.05, 3.63) is 0 Å². The lowest BCUT2D eigenvalue weighted by molar-refractivity contribution is 0.145. The van der Waals surface area contributed by atoms with Crippen molar-refractivity contribution in [2.75, 3.05) is 19.6 Å². The Morgan fingerprint density at radius 2 is 2.05 bits per heavy atom. The van der Waals surface area contributed by atoms with Crippen LogP contribution < -0.4 is 5.32 Å². The maximum absolute atomic E-state index is 12.4. The molecule has 2 amide bonds. The van der Waals surface area contributed by atoms with Gasteiger partial charge in [-0.05, 0) is 46.0 Å². The molecule has 2 fully saturated rings. The molecule has 110 valence electrons. The van der Waals surface area contributed by atoms with E-state index in [9.17, 15) is 4.79 Å². The normalized spacial score (nSPS) is 28.9. The van der Waals surface area contributed by atoms with Crippen LogP contribution in [0.1, 0.15) is 52.9 Å². The van der Waals surface area contributed by atoms with Gasteiger partial charge >= 0.3 is 6.03 Å². The summed E-state index contributed by atoms with van der Waals surface area (Å²) in [6, 6.07) is 1.55. The minimum atomic E-state index is 0.169. The molecule has 0 bridgehead atoms. The average molecular weight is 267 g/mol. The Hall–Kier alpha value is -0.770. The van der Waals surface area contributed by atoms with E-state index < -0.39 is 0 Å². The zero-order chi connectivity index (χ0) is 13.8. The number of carbonyl (C=O) groups excluding carboxylic acids is 1. The van der Waals surface area contributed by atoms with Crippen molar-refractivity contribution in [2.45, 2.75) is 71.0 Å². The third-order valence-electron chi connectivity index (χ3n) is 4.64. The fourth-order valence-electron chi connectivity index (χ4n) is 3.32. The summed E-state index contributed by atoms with van der Waals surface area (Å²) in [6.45, 7) is 9.69. The van der Waals surface area contributed by atoms with E-state index in [-0.39, 0.29) is 6.03 Å². The summed E-state index contributed by atoms with van der Waals surface area (Å²) in [5.41, 5.74) is 0. The van der Waals surface area contributed by atoms with E-state index in [0.717, 1.165) is 38.9 Å².